The molecule has 0 spiro atoms. The normalized spacial score (nSPS) is 38.9. The van der Waals surface area contributed by atoms with Gasteiger partial charge in [-0.15, -0.1) is 0 Å². The molecule has 2 aliphatic rings. The van der Waals surface area contributed by atoms with Crippen molar-refractivity contribution in [2.75, 3.05) is 0 Å². The molecule has 2 aliphatic carbocycles. The van der Waals surface area contributed by atoms with E-state index in [0.29, 0.717) is 17.3 Å². The van der Waals surface area contributed by atoms with Gasteiger partial charge in [0.05, 0.1) is 11.7 Å². The molecule has 2 nitrogen and oxygen atoms in total. The van der Waals surface area contributed by atoms with Gasteiger partial charge >= 0.3 is 0 Å². The predicted octanol–water partition coefficient (Wildman–Crippen LogP) is 4.53. The molecule has 5 atom stereocenters. The Morgan fingerprint density at radius 3 is 2.57 bits per heavy atom. The van der Waals surface area contributed by atoms with Crippen molar-refractivity contribution in [1.29, 1.82) is 0 Å². The van der Waals surface area contributed by atoms with Crippen molar-refractivity contribution in [2.24, 2.45) is 23.2 Å². The van der Waals surface area contributed by atoms with Gasteiger partial charge < -0.3 is 10.2 Å². The van der Waals surface area contributed by atoms with Crippen LogP contribution in [0.25, 0.3) is 0 Å². The summed E-state index contributed by atoms with van der Waals surface area (Å²) in [5, 5.41) is 20.3. The van der Waals surface area contributed by atoms with Crippen molar-refractivity contribution in [1.82, 2.24) is 0 Å². The number of aliphatic hydroxyl groups is 2. The van der Waals surface area contributed by atoms with Crippen molar-refractivity contribution < 1.29 is 10.2 Å². The van der Waals surface area contributed by atoms with E-state index in [9.17, 15) is 10.2 Å². The van der Waals surface area contributed by atoms with Crippen LogP contribution in [0.1, 0.15) is 85.5 Å². The van der Waals surface area contributed by atoms with Crippen molar-refractivity contribution in [3.63, 3.8) is 0 Å². The molecule has 124 valence electrons. The van der Waals surface area contributed by atoms with Crippen LogP contribution in [0.5, 0.6) is 0 Å². The molecular weight excluding hydrogens is 260 g/mol. The molecule has 0 bridgehead atoms. The van der Waals surface area contributed by atoms with Crippen LogP contribution in [0.4, 0.5) is 0 Å². The fraction of sp³-hybridized carbons (Fsp3) is 1.00. The molecule has 0 saturated heterocycles. The first-order valence-corrected chi connectivity index (χ1v) is 9.14. The first-order valence-electron chi connectivity index (χ1n) is 9.14. The van der Waals surface area contributed by atoms with Gasteiger partial charge in [0.25, 0.3) is 0 Å². The van der Waals surface area contributed by atoms with E-state index in [4.69, 9.17) is 0 Å². The third-order valence-electron chi connectivity index (χ3n) is 6.54. The number of fused-ring (bicyclic) bond motifs is 1. The Morgan fingerprint density at radius 2 is 1.90 bits per heavy atom. The van der Waals surface area contributed by atoms with Crippen molar-refractivity contribution >= 4 is 0 Å². The topological polar surface area (TPSA) is 40.5 Å². The maximum absolute atomic E-state index is 10.4. The Labute approximate surface area is 131 Å². The summed E-state index contributed by atoms with van der Waals surface area (Å²) < 4.78 is 0. The summed E-state index contributed by atoms with van der Waals surface area (Å²) in [6, 6.07) is 0. The summed E-state index contributed by atoms with van der Waals surface area (Å²) in [5.41, 5.74) is -0.177. The molecule has 1 unspecified atom stereocenters. The van der Waals surface area contributed by atoms with Gasteiger partial charge in [0.1, 0.15) is 0 Å². The molecule has 2 saturated carbocycles. The van der Waals surface area contributed by atoms with Crippen molar-refractivity contribution in [3.8, 4) is 0 Å². The van der Waals surface area contributed by atoms with Gasteiger partial charge in [0, 0.05) is 0 Å². The minimum atomic E-state index is -0.528. The van der Waals surface area contributed by atoms with Crippen LogP contribution >= 0.6 is 0 Å². The van der Waals surface area contributed by atoms with E-state index in [-0.39, 0.29) is 6.10 Å². The van der Waals surface area contributed by atoms with Crippen LogP contribution in [0.2, 0.25) is 0 Å². The smallest absolute Gasteiger partial charge is 0.0591 e. The minimum Gasteiger partial charge on any atom is -0.393 e. The Balaban J connectivity index is 1.97. The monoisotopic (exact) mass is 296 g/mol. The molecular formula is C19H36O2. The van der Waals surface area contributed by atoms with E-state index >= 15 is 0 Å². The van der Waals surface area contributed by atoms with E-state index in [2.05, 4.69) is 13.8 Å². The molecule has 2 fully saturated rings. The molecule has 0 aromatic rings. The summed E-state index contributed by atoms with van der Waals surface area (Å²) >= 11 is 0. The molecule has 0 heterocycles. The third-order valence-corrected chi connectivity index (χ3v) is 6.54. The fourth-order valence-corrected chi connectivity index (χ4v) is 5.38. The van der Waals surface area contributed by atoms with Crippen LogP contribution in [0, 0.1) is 23.2 Å². The van der Waals surface area contributed by atoms with Crippen LogP contribution in [-0.4, -0.2) is 21.9 Å². The highest BCUT2D eigenvalue weighted by Gasteiger charge is 2.49. The first kappa shape index (κ1) is 17.3. The SMILES string of the molecule is CC(CCCC(C)(C)O)[C@H]1CCC[C@H]2[C@@H](O)CCC[C@]12C. The summed E-state index contributed by atoms with van der Waals surface area (Å²) in [6.07, 6.45) is 10.5. The lowest BCUT2D eigenvalue weighted by Gasteiger charge is -2.54. The van der Waals surface area contributed by atoms with E-state index in [1.807, 2.05) is 13.8 Å². The highest BCUT2D eigenvalue weighted by Crippen LogP contribution is 2.56. The number of hydrogen-bond donors (Lipinski definition) is 2. The number of hydrogen-bond acceptors (Lipinski definition) is 2. The van der Waals surface area contributed by atoms with E-state index < -0.39 is 5.60 Å². The zero-order chi connectivity index (χ0) is 15.7. The molecule has 0 aromatic heterocycles. The lowest BCUT2D eigenvalue weighted by molar-refractivity contribution is -0.0930. The lowest BCUT2D eigenvalue weighted by atomic mass is 9.52. The van der Waals surface area contributed by atoms with Gasteiger partial charge in [-0.3, -0.25) is 0 Å². The van der Waals surface area contributed by atoms with Gasteiger partial charge in [-0.1, -0.05) is 39.5 Å². The second kappa shape index (κ2) is 6.58. The molecule has 0 aliphatic heterocycles. The molecule has 2 N–H and O–H groups in total. The summed E-state index contributed by atoms with van der Waals surface area (Å²) in [7, 11) is 0. The maximum atomic E-state index is 10.4. The molecule has 0 amide bonds. The Kier molecular flexibility index (Phi) is 5.41. The minimum absolute atomic E-state index is 0.0601. The molecule has 2 heteroatoms. The average Bonchev–Trinajstić information content (AvgIpc) is 2.36. The number of aliphatic hydroxyl groups excluding tert-OH is 1. The van der Waals surface area contributed by atoms with Gasteiger partial charge in [-0.2, -0.15) is 0 Å². The molecule has 0 radical (unpaired) electrons. The zero-order valence-corrected chi connectivity index (χ0v) is 14.6. The zero-order valence-electron chi connectivity index (χ0n) is 14.6. The summed E-state index contributed by atoms with van der Waals surface area (Å²) in [5.74, 6) is 2.00. The largest absolute Gasteiger partial charge is 0.393 e. The van der Waals surface area contributed by atoms with Gasteiger partial charge in [0.2, 0.25) is 0 Å². The average molecular weight is 296 g/mol. The highest BCUT2D eigenvalue weighted by atomic mass is 16.3. The van der Waals surface area contributed by atoms with Crippen molar-refractivity contribution in [3.05, 3.63) is 0 Å². The van der Waals surface area contributed by atoms with E-state index in [1.54, 1.807) is 0 Å². The van der Waals surface area contributed by atoms with Crippen molar-refractivity contribution in [2.45, 2.75) is 97.2 Å². The second-order valence-corrected chi connectivity index (χ2v) is 8.79. The van der Waals surface area contributed by atoms with Gasteiger partial charge in [-0.25, -0.2) is 0 Å². The Hall–Kier alpha value is -0.0800. The van der Waals surface area contributed by atoms with Gasteiger partial charge in [-0.05, 0) is 69.1 Å². The molecule has 21 heavy (non-hydrogen) atoms. The molecule has 2 rings (SSSR count). The van der Waals surface area contributed by atoms with E-state index in [1.165, 1.54) is 38.5 Å². The molecule has 0 aromatic carbocycles. The highest BCUT2D eigenvalue weighted by molar-refractivity contribution is 4.99. The Morgan fingerprint density at radius 1 is 1.19 bits per heavy atom. The van der Waals surface area contributed by atoms with Crippen LogP contribution in [-0.2, 0) is 0 Å². The quantitative estimate of drug-likeness (QED) is 0.782. The third kappa shape index (κ3) is 4.01. The fourth-order valence-electron chi connectivity index (χ4n) is 5.38. The summed E-state index contributed by atoms with van der Waals surface area (Å²) in [4.78, 5) is 0. The van der Waals surface area contributed by atoms with Crippen LogP contribution in [0.3, 0.4) is 0 Å². The van der Waals surface area contributed by atoms with Crippen LogP contribution < -0.4 is 0 Å². The predicted molar refractivity (Wildman–Crippen MR) is 88.1 cm³/mol. The Bertz CT molecular complexity index is 333. The second-order valence-electron chi connectivity index (χ2n) is 8.79. The lowest BCUT2D eigenvalue weighted by Crippen LogP contribution is -2.49. The standard InChI is InChI=1S/C19H36O2/c1-14(8-6-12-18(2,3)21)15-9-5-10-16-17(20)11-7-13-19(15,16)4/h14-17,20-21H,5-13H2,1-4H3/t14?,15-,16+,17+,19-/m1/s1. The van der Waals surface area contributed by atoms with Crippen LogP contribution in [0.15, 0.2) is 0 Å². The van der Waals surface area contributed by atoms with Gasteiger partial charge in [0.15, 0.2) is 0 Å². The summed E-state index contributed by atoms with van der Waals surface area (Å²) in [6.45, 7) is 8.68. The van der Waals surface area contributed by atoms with E-state index in [0.717, 1.165) is 25.2 Å². The maximum Gasteiger partial charge on any atom is 0.0591 e. The number of rotatable bonds is 5. The first-order chi connectivity index (χ1) is 9.74.